The van der Waals surface area contributed by atoms with Gasteiger partial charge in [0.2, 0.25) is 5.91 Å². The Bertz CT molecular complexity index is 882. The summed E-state index contributed by atoms with van der Waals surface area (Å²) in [5.41, 5.74) is 0.193. The van der Waals surface area contributed by atoms with Gasteiger partial charge in [-0.05, 0) is 55.9 Å². The maximum Gasteiger partial charge on any atom is 0.233 e. The molecule has 2 aliphatic rings. The zero-order valence-corrected chi connectivity index (χ0v) is 15.5. The van der Waals surface area contributed by atoms with Gasteiger partial charge in [-0.2, -0.15) is 0 Å². The van der Waals surface area contributed by atoms with E-state index in [-0.39, 0.29) is 23.3 Å². The number of hydrogen-bond acceptors (Lipinski definition) is 3. The van der Waals surface area contributed by atoms with Crippen LogP contribution in [0.5, 0.6) is 0 Å². The number of ketones is 1. The Morgan fingerprint density at radius 1 is 1.18 bits per heavy atom. The summed E-state index contributed by atoms with van der Waals surface area (Å²) in [5.74, 6) is -1.33. The van der Waals surface area contributed by atoms with E-state index >= 15 is 0 Å². The van der Waals surface area contributed by atoms with Crippen molar-refractivity contribution in [1.29, 1.82) is 0 Å². The van der Waals surface area contributed by atoms with Gasteiger partial charge in [0, 0.05) is 30.9 Å². The summed E-state index contributed by atoms with van der Waals surface area (Å²) in [5, 5.41) is 0. The van der Waals surface area contributed by atoms with Crippen LogP contribution in [0.2, 0.25) is 0 Å². The first-order chi connectivity index (χ1) is 13.5. The second-order valence-electron chi connectivity index (χ2n) is 7.92. The third-order valence-electron chi connectivity index (χ3n) is 6.04. The number of nitrogens with zero attached hydrogens (tertiary/aromatic N) is 2. The van der Waals surface area contributed by atoms with Crippen LogP contribution in [-0.2, 0) is 4.79 Å². The molecule has 4 rings (SSSR count). The van der Waals surface area contributed by atoms with Gasteiger partial charge in [-0.1, -0.05) is 12.5 Å². The first kappa shape index (κ1) is 18.7. The molecule has 2 heterocycles. The Morgan fingerprint density at radius 2 is 1.96 bits per heavy atom. The minimum absolute atomic E-state index is 0.00264. The molecule has 2 atom stereocenters. The molecule has 0 radical (unpaired) electrons. The molecule has 0 unspecified atom stereocenters. The topological polar surface area (TPSA) is 50.3 Å². The lowest BCUT2D eigenvalue weighted by atomic mass is 9.67. The number of pyridine rings is 1. The van der Waals surface area contributed by atoms with Gasteiger partial charge < -0.3 is 4.90 Å². The molecule has 1 aliphatic carbocycles. The molecule has 1 spiro atoms. The molecule has 1 aromatic carbocycles. The van der Waals surface area contributed by atoms with Gasteiger partial charge in [0.1, 0.15) is 17.3 Å². The van der Waals surface area contributed by atoms with Crippen LogP contribution in [0.15, 0.2) is 42.6 Å². The molecule has 2 aromatic rings. The van der Waals surface area contributed by atoms with E-state index in [1.807, 2.05) is 0 Å². The van der Waals surface area contributed by atoms with E-state index in [1.165, 1.54) is 17.0 Å². The number of hydrogen-bond donors (Lipinski definition) is 0. The normalized spacial score (nSPS) is 24.7. The van der Waals surface area contributed by atoms with Gasteiger partial charge in [0.25, 0.3) is 0 Å². The fraction of sp³-hybridized carbons (Fsp3) is 0.409. The largest absolute Gasteiger partial charge is 0.312 e. The number of carbonyl (C=O) groups excluding carboxylic acids is 2. The maximum absolute atomic E-state index is 13.6. The zero-order valence-electron chi connectivity index (χ0n) is 15.5. The Balaban J connectivity index is 1.49. The van der Waals surface area contributed by atoms with E-state index in [2.05, 4.69) is 4.98 Å². The third kappa shape index (κ3) is 3.55. The fourth-order valence-corrected chi connectivity index (χ4v) is 4.74. The predicted molar refractivity (Wildman–Crippen MR) is 101 cm³/mol. The average molecular weight is 384 g/mol. The Morgan fingerprint density at radius 3 is 2.68 bits per heavy atom. The number of carbonyl (C=O) groups is 2. The SMILES string of the molecule is O=C(C[C@H]1CCC[C@]2(CCN(c3cc(F)cc(F)c3)C2=O)C1)c1ccccn1. The lowest BCUT2D eigenvalue weighted by Gasteiger charge is -2.36. The first-order valence-corrected chi connectivity index (χ1v) is 9.69. The van der Waals surface area contributed by atoms with Gasteiger partial charge >= 0.3 is 0 Å². The van der Waals surface area contributed by atoms with Crippen molar-refractivity contribution in [3.05, 3.63) is 59.9 Å². The van der Waals surface area contributed by atoms with Crippen LogP contribution >= 0.6 is 0 Å². The molecule has 0 bridgehead atoms. The van der Waals surface area contributed by atoms with E-state index in [0.717, 1.165) is 25.3 Å². The molecule has 28 heavy (non-hydrogen) atoms. The number of anilines is 1. The van der Waals surface area contributed by atoms with Crippen molar-refractivity contribution in [1.82, 2.24) is 4.98 Å². The molecule has 1 saturated carbocycles. The van der Waals surface area contributed by atoms with Crippen LogP contribution in [-0.4, -0.2) is 23.2 Å². The number of rotatable bonds is 4. The quantitative estimate of drug-likeness (QED) is 0.727. The summed E-state index contributed by atoms with van der Waals surface area (Å²) in [7, 11) is 0. The molecular weight excluding hydrogens is 362 g/mol. The smallest absolute Gasteiger partial charge is 0.233 e. The Labute approximate surface area is 162 Å². The van der Waals surface area contributed by atoms with Crippen molar-refractivity contribution in [2.24, 2.45) is 11.3 Å². The minimum atomic E-state index is -0.689. The fourth-order valence-electron chi connectivity index (χ4n) is 4.74. The van der Waals surface area contributed by atoms with Crippen LogP contribution in [0.3, 0.4) is 0 Å². The van der Waals surface area contributed by atoms with Crippen LogP contribution in [0.4, 0.5) is 14.5 Å². The standard InChI is InChI=1S/C22H22F2N2O2/c23-16-11-17(24)13-18(12-16)26-9-7-22(21(26)28)6-3-4-15(14-22)10-20(27)19-5-1-2-8-25-19/h1-2,5,8,11-13,15H,3-4,6-7,9-10,14H2/t15-,22+/m1/s1. The van der Waals surface area contributed by atoms with Gasteiger partial charge in [0.05, 0.1) is 5.41 Å². The van der Waals surface area contributed by atoms with Gasteiger partial charge in [0.15, 0.2) is 5.78 Å². The molecule has 1 aromatic heterocycles. The summed E-state index contributed by atoms with van der Waals surface area (Å²) >= 11 is 0. The van der Waals surface area contributed by atoms with E-state index < -0.39 is 17.0 Å². The number of amides is 1. The first-order valence-electron chi connectivity index (χ1n) is 9.69. The highest BCUT2D eigenvalue weighted by Crippen LogP contribution is 2.48. The van der Waals surface area contributed by atoms with Crippen molar-refractivity contribution in [2.45, 2.75) is 38.5 Å². The van der Waals surface area contributed by atoms with Crippen LogP contribution in [0.25, 0.3) is 0 Å². The third-order valence-corrected chi connectivity index (χ3v) is 6.04. The summed E-state index contributed by atoms with van der Waals surface area (Å²) in [4.78, 5) is 31.3. The summed E-state index contributed by atoms with van der Waals surface area (Å²) < 4.78 is 27.2. The van der Waals surface area contributed by atoms with Crippen LogP contribution in [0.1, 0.15) is 49.0 Å². The molecule has 146 valence electrons. The van der Waals surface area contributed by atoms with Crippen molar-refractivity contribution in [3.63, 3.8) is 0 Å². The molecule has 4 nitrogen and oxygen atoms in total. The highest BCUT2D eigenvalue weighted by atomic mass is 19.1. The van der Waals surface area contributed by atoms with Crippen molar-refractivity contribution in [3.8, 4) is 0 Å². The molecule has 6 heteroatoms. The van der Waals surface area contributed by atoms with Gasteiger partial charge in [-0.15, -0.1) is 0 Å². The summed E-state index contributed by atoms with van der Waals surface area (Å²) in [6, 6.07) is 8.48. The summed E-state index contributed by atoms with van der Waals surface area (Å²) in [6.45, 7) is 0.447. The predicted octanol–water partition coefficient (Wildman–Crippen LogP) is 4.55. The second kappa shape index (κ2) is 7.41. The van der Waals surface area contributed by atoms with E-state index in [0.29, 0.717) is 31.5 Å². The van der Waals surface area contributed by atoms with Gasteiger partial charge in [-0.25, -0.2) is 8.78 Å². The highest BCUT2D eigenvalue weighted by Gasteiger charge is 2.49. The van der Waals surface area contributed by atoms with Gasteiger partial charge in [-0.3, -0.25) is 14.6 Å². The van der Waals surface area contributed by atoms with Crippen LogP contribution in [0, 0.1) is 23.0 Å². The molecule has 0 N–H and O–H groups in total. The lowest BCUT2D eigenvalue weighted by molar-refractivity contribution is -0.128. The monoisotopic (exact) mass is 384 g/mol. The maximum atomic E-state index is 13.6. The van der Waals surface area contributed by atoms with Crippen molar-refractivity contribution >= 4 is 17.4 Å². The summed E-state index contributed by atoms with van der Waals surface area (Å²) in [6.07, 6.45) is 5.80. The highest BCUT2D eigenvalue weighted by molar-refractivity contribution is 6.00. The lowest BCUT2D eigenvalue weighted by Crippen LogP contribution is -2.38. The Kier molecular flexibility index (Phi) is 4.96. The van der Waals surface area contributed by atoms with E-state index in [4.69, 9.17) is 0 Å². The number of halogens is 2. The zero-order chi connectivity index (χ0) is 19.7. The van der Waals surface area contributed by atoms with Crippen LogP contribution < -0.4 is 4.90 Å². The molecule has 1 saturated heterocycles. The molecule has 1 amide bonds. The molecular formula is C22H22F2N2O2. The van der Waals surface area contributed by atoms with Crippen molar-refractivity contribution in [2.75, 3.05) is 11.4 Å². The molecule has 1 aliphatic heterocycles. The average Bonchev–Trinajstić information content (AvgIpc) is 2.97. The minimum Gasteiger partial charge on any atom is -0.312 e. The number of Topliss-reactive ketones (excluding diaryl/α,β-unsaturated/α-hetero) is 1. The second-order valence-corrected chi connectivity index (χ2v) is 7.92. The molecule has 2 fully saturated rings. The van der Waals surface area contributed by atoms with E-state index in [1.54, 1.807) is 24.4 Å². The number of aromatic nitrogens is 1. The Hall–Kier alpha value is -2.63. The van der Waals surface area contributed by atoms with E-state index in [9.17, 15) is 18.4 Å². The number of benzene rings is 1. The van der Waals surface area contributed by atoms with Crippen molar-refractivity contribution < 1.29 is 18.4 Å².